The van der Waals surface area contributed by atoms with Crippen molar-refractivity contribution in [1.82, 2.24) is 9.62 Å². The van der Waals surface area contributed by atoms with E-state index in [9.17, 15) is 12.8 Å². The summed E-state index contributed by atoms with van der Waals surface area (Å²) in [5.74, 6) is -0.806. The molecular weight excluding hydrogens is 326 g/mol. The molecule has 4 nitrogen and oxygen atoms in total. The Bertz CT molecular complexity index is 569. The zero-order valence-electron chi connectivity index (χ0n) is 11.0. The summed E-state index contributed by atoms with van der Waals surface area (Å²) < 4.78 is 39.9. The second-order valence-corrected chi connectivity index (χ2v) is 6.91. The van der Waals surface area contributed by atoms with Crippen molar-refractivity contribution in [1.29, 1.82) is 0 Å². The minimum Gasteiger partial charge on any atom is -0.316 e. The van der Waals surface area contributed by atoms with Gasteiger partial charge in [0.25, 0.3) is 0 Å². The van der Waals surface area contributed by atoms with Gasteiger partial charge in [-0.25, -0.2) is 12.8 Å². The molecule has 0 radical (unpaired) electrons. The third-order valence-electron chi connectivity index (χ3n) is 3.30. The third kappa shape index (κ3) is 3.62. The van der Waals surface area contributed by atoms with Gasteiger partial charge in [-0.05, 0) is 38.1 Å². The standard InChI is InChI=1S/C12H16ClFN2O2S.ClH/c1-15-10-3-2-6-16(8-10)19(17,18)12-5-4-9(13)7-11(12)14;/h4-5,7,10,15H,2-3,6,8H2,1H3;1H. The lowest BCUT2D eigenvalue weighted by molar-refractivity contribution is 0.292. The van der Waals surface area contributed by atoms with E-state index in [4.69, 9.17) is 11.6 Å². The molecular formula is C12H17Cl2FN2O2S. The van der Waals surface area contributed by atoms with Crippen LogP contribution in [0.3, 0.4) is 0 Å². The van der Waals surface area contributed by atoms with Crippen molar-refractivity contribution in [3.63, 3.8) is 0 Å². The van der Waals surface area contributed by atoms with E-state index < -0.39 is 15.8 Å². The number of piperidine rings is 1. The lowest BCUT2D eigenvalue weighted by Crippen LogP contribution is -2.47. The highest BCUT2D eigenvalue weighted by Gasteiger charge is 2.31. The third-order valence-corrected chi connectivity index (χ3v) is 5.44. The van der Waals surface area contributed by atoms with Crippen LogP contribution in [0.25, 0.3) is 0 Å². The SMILES string of the molecule is CNC1CCCN(S(=O)(=O)c2ccc(Cl)cc2F)C1.Cl. The smallest absolute Gasteiger partial charge is 0.246 e. The van der Waals surface area contributed by atoms with E-state index in [1.165, 1.54) is 16.4 Å². The lowest BCUT2D eigenvalue weighted by atomic mass is 10.1. The highest BCUT2D eigenvalue weighted by atomic mass is 35.5. The van der Waals surface area contributed by atoms with Crippen LogP contribution in [0.4, 0.5) is 4.39 Å². The van der Waals surface area contributed by atoms with E-state index in [-0.39, 0.29) is 28.4 Å². The van der Waals surface area contributed by atoms with Crippen LogP contribution >= 0.6 is 24.0 Å². The van der Waals surface area contributed by atoms with Crippen LogP contribution in [0.15, 0.2) is 23.1 Å². The molecule has 20 heavy (non-hydrogen) atoms. The Labute approximate surface area is 129 Å². The molecule has 1 heterocycles. The number of likely N-dealkylation sites (N-methyl/N-ethyl adjacent to an activating group) is 1. The van der Waals surface area contributed by atoms with Crippen molar-refractivity contribution >= 4 is 34.0 Å². The second kappa shape index (κ2) is 7.04. The van der Waals surface area contributed by atoms with E-state index in [0.29, 0.717) is 13.1 Å². The fourth-order valence-electron chi connectivity index (χ4n) is 2.22. The molecule has 114 valence electrons. The fraction of sp³-hybridized carbons (Fsp3) is 0.500. The maximum Gasteiger partial charge on any atom is 0.246 e. The van der Waals surface area contributed by atoms with Crippen LogP contribution in [0.5, 0.6) is 0 Å². The molecule has 2 rings (SSSR count). The van der Waals surface area contributed by atoms with Gasteiger partial charge in [-0.3, -0.25) is 0 Å². The Balaban J connectivity index is 0.00000200. The molecule has 1 unspecified atom stereocenters. The summed E-state index contributed by atoms with van der Waals surface area (Å²) in [6.45, 7) is 0.781. The monoisotopic (exact) mass is 342 g/mol. The molecule has 1 aliphatic heterocycles. The number of nitrogens with one attached hydrogen (secondary N) is 1. The van der Waals surface area contributed by atoms with E-state index in [2.05, 4.69) is 5.32 Å². The van der Waals surface area contributed by atoms with Crippen molar-refractivity contribution in [3.05, 3.63) is 29.0 Å². The van der Waals surface area contributed by atoms with Gasteiger partial charge in [0, 0.05) is 24.2 Å². The summed E-state index contributed by atoms with van der Waals surface area (Å²) >= 11 is 5.64. The van der Waals surface area contributed by atoms with Crippen LogP contribution in [0.2, 0.25) is 5.02 Å². The molecule has 1 saturated heterocycles. The van der Waals surface area contributed by atoms with Crippen molar-refractivity contribution < 1.29 is 12.8 Å². The Morgan fingerprint density at radius 2 is 2.15 bits per heavy atom. The number of sulfonamides is 1. The summed E-state index contributed by atoms with van der Waals surface area (Å²) in [5, 5.41) is 3.24. The second-order valence-electron chi connectivity index (χ2n) is 4.57. The van der Waals surface area contributed by atoms with Gasteiger partial charge < -0.3 is 5.32 Å². The first-order valence-electron chi connectivity index (χ1n) is 6.07. The van der Waals surface area contributed by atoms with Crippen LogP contribution < -0.4 is 5.32 Å². The average molecular weight is 343 g/mol. The number of rotatable bonds is 3. The number of halogens is 3. The van der Waals surface area contributed by atoms with Crippen LogP contribution in [-0.2, 0) is 10.0 Å². The molecule has 0 spiro atoms. The predicted octanol–water partition coefficient (Wildman–Crippen LogP) is 2.27. The number of hydrogen-bond acceptors (Lipinski definition) is 3. The predicted molar refractivity (Wildman–Crippen MR) is 79.5 cm³/mol. The summed E-state index contributed by atoms with van der Waals surface area (Å²) in [5.41, 5.74) is 0. The van der Waals surface area contributed by atoms with Crippen LogP contribution in [0.1, 0.15) is 12.8 Å². The molecule has 1 fully saturated rings. The first-order chi connectivity index (χ1) is 8.95. The molecule has 0 aliphatic carbocycles. The number of nitrogens with zero attached hydrogens (tertiary/aromatic N) is 1. The normalized spacial score (nSPS) is 20.4. The number of benzene rings is 1. The Kier molecular flexibility index (Phi) is 6.22. The minimum atomic E-state index is -3.79. The highest BCUT2D eigenvalue weighted by molar-refractivity contribution is 7.89. The van der Waals surface area contributed by atoms with Gasteiger partial charge in [-0.15, -0.1) is 12.4 Å². The summed E-state index contributed by atoms with van der Waals surface area (Å²) in [6.07, 6.45) is 1.69. The molecule has 1 aromatic carbocycles. The quantitative estimate of drug-likeness (QED) is 0.916. The lowest BCUT2D eigenvalue weighted by Gasteiger charge is -2.31. The molecule has 8 heteroatoms. The largest absolute Gasteiger partial charge is 0.316 e. The topological polar surface area (TPSA) is 49.4 Å². The first kappa shape index (κ1) is 17.7. The minimum absolute atomic E-state index is 0. The van der Waals surface area contributed by atoms with Gasteiger partial charge in [0.2, 0.25) is 10.0 Å². The summed E-state index contributed by atoms with van der Waals surface area (Å²) in [7, 11) is -2.00. The number of hydrogen-bond donors (Lipinski definition) is 1. The Morgan fingerprint density at radius 3 is 2.75 bits per heavy atom. The molecule has 1 aromatic rings. The van der Waals surface area contributed by atoms with Gasteiger partial charge in [0.15, 0.2) is 0 Å². The summed E-state index contributed by atoms with van der Waals surface area (Å²) in [6, 6.07) is 3.74. The molecule has 0 aromatic heterocycles. The van der Waals surface area contributed by atoms with Crippen molar-refractivity contribution in [2.45, 2.75) is 23.8 Å². The van der Waals surface area contributed by atoms with Crippen LogP contribution in [0, 0.1) is 5.82 Å². The highest BCUT2D eigenvalue weighted by Crippen LogP contribution is 2.24. The Morgan fingerprint density at radius 1 is 1.45 bits per heavy atom. The molecule has 0 bridgehead atoms. The van der Waals surface area contributed by atoms with Gasteiger partial charge in [0.05, 0.1) is 0 Å². The zero-order valence-corrected chi connectivity index (χ0v) is 13.4. The van der Waals surface area contributed by atoms with E-state index in [0.717, 1.165) is 18.9 Å². The fourth-order valence-corrected chi connectivity index (χ4v) is 3.95. The Hall–Kier alpha value is -0.400. The van der Waals surface area contributed by atoms with Crippen molar-refractivity contribution in [3.8, 4) is 0 Å². The van der Waals surface area contributed by atoms with Crippen molar-refractivity contribution in [2.75, 3.05) is 20.1 Å². The maximum atomic E-state index is 13.8. The average Bonchev–Trinajstić information content (AvgIpc) is 2.38. The van der Waals surface area contributed by atoms with Gasteiger partial charge in [-0.1, -0.05) is 11.6 Å². The van der Waals surface area contributed by atoms with Gasteiger partial charge in [0.1, 0.15) is 10.7 Å². The molecule has 0 amide bonds. The van der Waals surface area contributed by atoms with Crippen LogP contribution in [-0.4, -0.2) is 38.9 Å². The molecule has 1 atom stereocenters. The maximum absolute atomic E-state index is 13.8. The first-order valence-corrected chi connectivity index (χ1v) is 7.89. The zero-order chi connectivity index (χ0) is 14.0. The van der Waals surface area contributed by atoms with Gasteiger partial charge in [-0.2, -0.15) is 4.31 Å². The molecule has 0 saturated carbocycles. The van der Waals surface area contributed by atoms with E-state index >= 15 is 0 Å². The molecule has 1 N–H and O–H groups in total. The summed E-state index contributed by atoms with van der Waals surface area (Å²) in [4.78, 5) is -0.311. The van der Waals surface area contributed by atoms with E-state index in [1.807, 2.05) is 0 Å². The van der Waals surface area contributed by atoms with E-state index in [1.54, 1.807) is 7.05 Å². The molecule has 1 aliphatic rings. The van der Waals surface area contributed by atoms with Gasteiger partial charge >= 0.3 is 0 Å². The van der Waals surface area contributed by atoms with Crippen molar-refractivity contribution in [2.24, 2.45) is 0 Å².